The molecule has 0 aliphatic carbocycles. The monoisotopic (exact) mass is 404 g/mol. The Hall–Kier alpha value is -3.79. The van der Waals surface area contributed by atoms with Crippen LogP contribution in [0.5, 0.6) is 5.75 Å². The molecule has 0 N–H and O–H groups in total. The molecule has 28 heavy (non-hydrogen) atoms. The first-order valence-corrected chi connectivity index (χ1v) is 8.11. The van der Waals surface area contributed by atoms with Crippen molar-refractivity contribution in [2.45, 2.75) is 5.88 Å². The smallest absolute Gasteiger partial charge is 0.351 e. The predicted octanol–water partition coefficient (Wildman–Crippen LogP) is 3.57. The third-order valence-corrected chi connectivity index (χ3v) is 4.03. The van der Waals surface area contributed by atoms with Gasteiger partial charge < -0.3 is 9.15 Å². The fraction of sp³-hybridized carbons (Fsp3) is 0.0588. The molecule has 0 unspecified atom stereocenters. The molecule has 0 spiro atoms. The number of halogens is 1. The first-order valence-electron chi connectivity index (χ1n) is 7.58. The van der Waals surface area contributed by atoms with E-state index in [0.29, 0.717) is 10.9 Å². The molecule has 11 heteroatoms. The highest BCUT2D eigenvalue weighted by Gasteiger charge is 2.24. The summed E-state index contributed by atoms with van der Waals surface area (Å²) in [5.74, 6) is -1.73. The first-order chi connectivity index (χ1) is 13.3. The fourth-order valence-electron chi connectivity index (χ4n) is 2.40. The Morgan fingerprint density at radius 2 is 1.82 bits per heavy atom. The van der Waals surface area contributed by atoms with Gasteiger partial charge in [-0.25, -0.2) is 9.59 Å². The summed E-state index contributed by atoms with van der Waals surface area (Å²) < 4.78 is 9.95. The van der Waals surface area contributed by atoms with Crippen molar-refractivity contribution in [1.29, 1.82) is 0 Å². The molecule has 0 amide bonds. The molecule has 1 aromatic heterocycles. The number of alkyl halides is 1. The number of hydrogen-bond acceptors (Lipinski definition) is 8. The number of nitrogens with zero attached hydrogens (tertiary/aromatic N) is 2. The maximum absolute atomic E-state index is 12.4. The third-order valence-electron chi connectivity index (χ3n) is 3.72. The Balaban J connectivity index is 2.04. The molecule has 0 saturated carbocycles. The quantitative estimate of drug-likeness (QED) is 0.157. The van der Waals surface area contributed by atoms with E-state index in [9.17, 15) is 29.8 Å². The number of non-ortho nitro benzene ring substituents is 1. The van der Waals surface area contributed by atoms with E-state index < -0.39 is 44.1 Å². The summed E-state index contributed by atoms with van der Waals surface area (Å²) in [6.45, 7) is 0. The lowest BCUT2D eigenvalue weighted by atomic mass is 10.1. The molecule has 2 aromatic carbocycles. The van der Waals surface area contributed by atoms with Crippen molar-refractivity contribution in [2.24, 2.45) is 0 Å². The van der Waals surface area contributed by atoms with E-state index in [1.165, 1.54) is 12.1 Å². The van der Waals surface area contributed by atoms with Crippen molar-refractivity contribution >= 4 is 39.9 Å². The van der Waals surface area contributed by atoms with Gasteiger partial charge in [0.15, 0.2) is 0 Å². The van der Waals surface area contributed by atoms with E-state index >= 15 is 0 Å². The molecule has 0 atom stereocenters. The summed E-state index contributed by atoms with van der Waals surface area (Å²) in [6, 6.07) is 8.40. The molecule has 0 aliphatic heterocycles. The summed E-state index contributed by atoms with van der Waals surface area (Å²) in [5.41, 5.74) is -1.84. The van der Waals surface area contributed by atoms with Gasteiger partial charge in [-0.05, 0) is 23.8 Å². The Morgan fingerprint density at radius 3 is 2.46 bits per heavy atom. The molecule has 1 heterocycles. The second kappa shape index (κ2) is 7.45. The normalized spacial score (nSPS) is 10.6. The summed E-state index contributed by atoms with van der Waals surface area (Å²) in [7, 11) is 0. The summed E-state index contributed by atoms with van der Waals surface area (Å²) in [4.78, 5) is 44.7. The molecule has 10 nitrogen and oxygen atoms in total. The number of nitro groups is 2. The van der Waals surface area contributed by atoms with Gasteiger partial charge in [-0.1, -0.05) is 6.07 Å². The number of carbonyl (C=O) groups excluding carboxylic acids is 1. The van der Waals surface area contributed by atoms with E-state index in [1.807, 2.05) is 0 Å². The van der Waals surface area contributed by atoms with Crippen LogP contribution in [-0.4, -0.2) is 15.8 Å². The minimum absolute atomic E-state index is 0.189. The van der Waals surface area contributed by atoms with Gasteiger partial charge in [-0.15, -0.1) is 11.6 Å². The predicted molar refractivity (Wildman–Crippen MR) is 96.8 cm³/mol. The number of esters is 1. The molecule has 142 valence electrons. The molecule has 0 fully saturated rings. The van der Waals surface area contributed by atoms with Crippen LogP contribution in [0, 0.1) is 20.2 Å². The lowest BCUT2D eigenvalue weighted by molar-refractivity contribution is -0.389. The van der Waals surface area contributed by atoms with Gasteiger partial charge in [-0.3, -0.25) is 20.2 Å². The van der Waals surface area contributed by atoms with Crippen molar-refractivity contribution in [3.05, 3.63) is 84.2 Å². The molecular weight excluding hydrogens is 396 g/mol. The number of ether oxygens (including phenoxy) is 1. The molecule has 0 bridgehead atoms. The van der Waals surface area contributed by atoms with Crippen LogP contribution in [0.3, 0.4) is 0 Å². The summed E-state index contributed by atoms with van der Waals surface area (Å²) >= 11 is 5.75. The maximum Gasteiger partial charge on any atom is 0.351 e. The van der Waals surface area contributed by atoms with Crippen molar-refractivity contribution in [3.8, 4) is 5.75 Å². The van der Waals surface area contributed by atoms with Gasteiger partial charge in [0.25, 0.3) is 5.69 Å². The minimum atomic E-state index is -1.25. The number of carbonyl (C=O) groups is 1. The van der Waals surface area contributed by atoms with Gasteiger partial charge in [0.1, 0.15) is 11.1 Å². The zero-order chi connectivity index (χ0) is 20.4. The van der Waals surface area contributed by atoms with E-state index in [0.717, 1.165) is 18.2 Å². The highest BCUT2D eigenvalue weighted by molar-refractivity contribution is 6.17. The van der Waals surface area contributed by atoms with Gasteiger partial charge in [0.2, 0.25) is 5.75 Å². The van der Waals surface area contributed by atoms with Crippen molar-refractivity contribution < 1.29 is 23.8 Å². The minimum Gasteiger partial charge on any atom is -0.422 e. The standard InChI is InChI=1S/C17H9ClN2O8/c18-8-9-1-4-14-10(5-9)6-12(16(21)27-14)17(22)28-15-7-11(19(23)24)2-3-13(15)20(25)26/h1-7H,8H2. The number of hydrogen-bond donors (Lipinski definition) is 0. The van der Waals surface area contributed by atoms with Crippen LogP contribution in [0.2, 0.25) is 0 Å². The number of benzene rings is 2. The van der Waals surface area contributed by atoms with Crippen LogP contribution in [0.15, 0.2) is 51.7 Å². The van der Waals surface area contributed by atoms with Gasteiger partial charge in [0.05, 0.1) is 15.9 Å². The molecule has 3 aromatic rings. The molecule has 0 radical (unpaired) electrons. The highest BCUT2D eigenvalue weighted by atomic mass is 35.5. The Bertz CT molecular complexity index is 1190. The largest absolute Gasteiger partial charge is 0.422 e. The maximum atomic E-state index is 12.4. The molecule has 0 saturated heterocycles. The van der Waals surface area contributed by atoms with Gasteiger partial charge in [-0.2, -0.15) is 0 Å². The highest BCUT2D eigenvalue weighted by Crippen LogP contribution is 2.31. The van der Waals surface area contributed by atoms with Crippen molar-refractivity contribution in [1.82, 2.24) is 0 Å². The van der Waals surface area contributed by atoms with E-state index in [1.54, 1.807) is 12.1 Å². The third kappa shape index (κ3) is 3.67. The van der Waals surface area contributed by atoms with E-state index in [-0.39, 0.29) is 11.5 Å². The number of fused-ring (bicyclic) bond motifs is 1. The molecule has 3 rings (SSSR count). The lowest BCUT2D eigenvalue weighted by Crippen LogP contribution is -2.19. The second-order valence-electron chi connectivity index (χ2n) is 5.51. The zero-order valence-electron chi connectivity index (χ0n) is 13.8. The van der Waals surface area contributed by atoms with Crippen LogP contribution in [0.25, 0.3) is 11.0 Å². The van der Waals surface area contributed by atoms with E-state index in [2.05, 4.69) is 0 Å². The summed E-state index contributed by atoms with van der Waals surface area (Å²) in [6.07, 6.45) is 0. The van der Waals surface area contributed by atoms with Crippen molar-refractivity contribution in [2.75, 3.05) is 0 Å². The average molecular weight is 405 g/mol. The molecular formula is C17H9ClN2O8. The summed E-state index contributed by atoms with van der Waals surface area (Å²) in [5, 5.41) is 22.3. The van der Waals surface area contributed by atoms with Gasteiger partial charge >= 0.3 is 17.3 Å². The zero-order valence-corrected chi connectivity index (χ0v) is 14.5. The van der Waals surface area contributed by atoms with E-state index in [4.69, 9.17) is 20.8 Å². The fourth-order valence-corrected chi connectivity index (χ4v) is 2.57. The van der Waals surface area contributed by atoms with Crippen LogP contribution in [0.4, 0.5) is 11.4 Å². The number of rotatable bonds is 5. The Kier molecular flexibility index (Phi) is 5.05. The Morgan fingerprint density at radius 1 is 1.07 bits per heavy atom. The Labute approximate surface area is 160 Å². The van der Waals surface area contributed by atoms with Crippen LogP contribution >= 0.6 is 11.6 Å². The van der Waals surface area contributed by atoms with Crippen LogP contribution in [-0.2, 0) is 5.88 Å². The van der Waals surface area contributed by atoms with Crippen LogP contribution < -0.4 is 10.4 Å². The molecule has 0 aliphatic rings. The topological polar surface area (TPSA) is 143 Å². The SMILES string of the molecule is O=C(Oc1cc([N+](=O)[O-])ccc1[N+](=O)[O-])c1cc2cc(CCl)ccc2oc1=O. The number of nitro benzene ring substituents is 2. The average Bonchev–Trinajstić information content (AvgIpc) is 2.66. The van der Waals surface area contributed by atoms with Gasteiger partial charge in [0, 0.05) is 23.4 Å². The van der Waals surface area contributed by atoms with Crippen LogP contribution in [0.1, 0.15) is 15.9 Å². The second-order valence-corrected chi connectivity index (χ2v) is 5.78. The lowest BCUT2D eigenvalue weighted by Gasteiger charge is -2.06. The first kappa shape index (κ1) is 19.0. The van der Waals surface area contributed by atoms with Crippen molar-refractivity contribution in [3.63, 3.8) is 0 Å².